The molecule has 11 nitrogen and oxygen atoms in total. The summed E-state index contributed by atoms with van der Waals surface area (Å²) in [7, 11) is 6.55. The number of likely N-dealkylation sites (N-methyl/N-ethyl adjacent to an activating group) is 2. The summed E-state index contributed by atoms with van der Waals surface area (Å²) in [5.74, 6) is 0.352. The van der Waals surface area contributed by atoms with Crippen LogP contribution >= 0.6 is 0 Å². The lowest BCUT2D eigenvalue weighted by molar-refractivity contribution is -0.160. The minimum absolute atomic E-state index is 0.0529. The van der Waals surface area contributed by atoms with Crippen molar-refractivity contribution in [1.82, 2.24) is 25.1 Å². The lowest BCUT2D eigenvalue weighted by Gasteiger charge is -2.44. The molecule has 38 heavy (non-hydrogen) atoms. The van der Waals surface area contributed by atoms with Gasteiger partial charge >= 0.3 is 6.03 Å². The van der Waals surface area contributed by atoms with E-state index < -0.39 is 6.04 Å². The highest BCUT2D eigenvalue weighted by molar-refractivity contribution is 5.89. The summed E-state index contributed by atoms with van der Waals surface area (Å²) in [5.41, 5.74) is 1.68. The van der Waals surface area contributed by atoms with Gasteiger partial charge in [0.05, 0.1) is 13.7 Å². The topological polar surface area (TPSA) is 115 Å². The van der Waals surface area contributed by atoms with Gasteiger partial charge in [-0.25, -0.2) is 14.8 Å². The summed E-state index contributed by atoms with van der Waals surface area (Å²) in [4.78, 5) is 42.9. The predicted octanol–water partition coefficient (Wildman–Crippen LogP) is 1.67. The number of hydrogen-bond acceptors (Lipinski definition) is 7. The van der Waals surface area contributed by atoms with Crippen LogP contribution in [0.5, 0.6) is 11.5 Å². The zero-order valence-electron chi connectivity index (χ0n) is 22.4. The van der Waals surface area contributed by atoms with Crippen molar-refractivity contribution in [3.8, 4) is 11.5 Å². The van der Waals surface area contributed by atoms with E-state index in [4.69, 9.17) is 9.47 Å². The fraction of sp³-hybridized carbons (Fsp3) is 0.444. The van der Waals surface area contributed by atoms with Crippen LogP contribution in [0.4, 0.5) is 4.79 Å². The Balaban J connectivity index is 1.76. The van der Waals surface area contributed by atoms with Crippen LogP contribution in [0.3, 0.4) is 0 Å². The zero-order valence-corrected chi connectivity index (χ0v) is 22.4. The lowest BCUT2D eigenvalue weighted by atomic mass is 10.0. The van der Waals surface area contributed by atoms with Gasteiger partial charge in [-0.2, -0.15) is 0 Å². The molecule has 2 aromatic carbocycles. The first-order valence-corrected chi connectivity index (χ1v) is 12.4. The van der Waals surface area contributed by atoms with Crippen molar-refractivity contribution < 1.29 is 29.0 Å². The second-order valence-electron chi connectivity index (χ2n) is 9.22. The number of phenolic OH excluding ortho intramolecular Hbond substituents is 1. The summed E-state index contributed by atoms with van der Waals surface area (Å²) in [6, 6.07) is 12.7. The number of hydrazine groups is 1. The first-order chi connectivity index (χ1) is 18.2. The van der Waals surface area contributed by atoms with E-state index in [1.165, 1.54) is 9.91 Å². The maximum Gasteiger partial charge on any atom is 0.333 e. The van der Waals surface area contributed by atoms with E-state index in [-0.39, 0.29) is 43.2 Å². The number of nitrogens with zero attached hydrogens (tertiary/aromatic N) is 4. The number of rotatable bonds is 11. The smallest absolute Gasteiger partial charge is 0.333 e. The number of amides is 4. The molecule has 0 aliphatic carbocycles. The molecule has 1 atom stereocenters. The fourth-order valence-electron chi connectivity index (χ4n) is 4.20. The van der Waals surface area contributed by atoms with Gasteiger partial charge in [0.15, 0.2) is 0 Å². The molecular weight excluding hydrogens is 490 g/mol. The number of methoxy groups -OCH3 is 2. The quantitative estimate of drug-likeness (QED) is 0.427. The molecule has 2 aromatic rings. The van der Waals surface area contributed by atoms with Crippen LogP contribution in [0.25, 0.3) is 0 Å². The van der Waals surface area contributed by atoms with E-state index in [2.05, 4.69) is 5.32 Å². The van der Waals surface area contributed by atoms with Gasteiger partial charge in [-0.15, -0.1) is 0 Å². The monoisotopic (exact) mass is 527 g/mol. The molecule has 1 saturated heterocycles. The van der Waals surface area contributed by atoms with Crippen LogP contribution < -0.4 is 10.1 Å². The number of carbonyl (C=O) groups is 3. The van der Waals surface area contributed by atoms with E-state index in [1.807, 2.05) is 24.3 Å². The SMILES string of the molecule is COCCCN(C)C(=O)C(Cc1ccc(O)cc1)N1CN(C(=O)NCc2ccc(OC)cc2)N(C)CC1=O. The lowest BCUT2D eigenvalue weighted by Crippen LogP contribution is -2.65. The van der Waals surface area contributed by atoms with Crippen LogP contribution in [-0.2, 0) is 27.3 Å². The number of ether oxygens (including phenoxy) is 2. The molecule has 0 bridgehead atoms. The van der Waals surface area contributed by atoms with E-state index in [0.717, 1.165) is 16.9 Å². The standard InChI is InChI=1S/C27H37N5O6/c1-29(14-5-15-37-3)26(35)24(16-20-6-10-22(33)11-7-20)31-19-32(30(2)18-25(31)34)27(36)28-17-21-8-12-23(38-4)13-9-21/h6-13,24,33H,5,14-19H2,1-4H3,(H,28,36). The third-order valence-electron chi connectivity index (χ3n) is 6.46. The summed E-state index contributed by atoms with van der Waals surface area (Å²) in [6.45, 7) is 1.13. The van der Waals surface area contributed by atoms with Crippen molar-refractivity contribution in [2.75, 3.05) is 54.7 Å². The van der Waals surface area contributed by atoms with Crippen LogP contribution in [0.2, 0.25) is 0 Å². The number of phenols is 1. The molecule has 2 N–H and O–H groups in total. The van der Waals surface area contributed by atoms with Crippen LogP contribution in [0.15, 0.2) is 48.5 Å². The van der Waals surface area contributed by atoms with Crippen molar-refractivity contribution in [3.63, 3.8) is 0 Å². The van der Waals surface area contributed by atoms with Crippen molar-refractivity contribution in [2.24, 2.45) is 0 Å². The summed E-state index contributed by atoms with van der Waals surface area (Å²) >= 11 is 0. The Labute approximate surface area is 223 Å². The van der Waals surface area contributed by atoms with Gasteiger partial charge in [0.1, 0.15) is 24.2 Å². The number of aromatic hydroxyl groups is 1. The average molecular weight is 528 g/mol. The molecule has 1 aliphatic heterocycles. The molecule has 0 spiro atoms. The number of carbonyl (C=O) groups excluding carboxylic acids is 3. The second kappa shape index (κ2) is 13.6. The maximum absolute atomic E-state index is 13.6. The Bertz CT molecular complexity index is 1080. The van der Waals surface area contributed by atoms with E-state index in [0.29, 0.717) is 26.1 Å². The average Bonchev–Trinajstić information content (AvgIpc) is 2.91. The molecule has 1 heterocycles. The van der Waals surface area contributed by atoms with E-state index >= 15 is 0 Å². The van der Waals surface area contributed by atoms with Crippen LogP contribution in [0, 0.1) is 0 Å². The Morgan fingerprint density at radius 1 is 1.08 bits per heavy atom. The Hall–Kier alpha value is -3.83. The van der Waals surface area contributed by atoms with Gasteiger partial charge in [0, 0.05) is 47.3 Å². The predicted molar refractivity (Wildman–Crippen MR) is 141 cm³/mol. The summed E-state index contributed by atoms with van der Waals surface area (Å²) in [6.07, 6.45) is 0.895. The highest BCUT2D eigenvalue weighted by Gasteiger charge is 2.39. The Morgan fingerprint density at radius 3 is 2.37 bits per heavy atom. The molecule has 1 unspecified atom stereocenters. The first kappa shape index (κ1) is 28.7. The molecular formula is C27H37N5O6. The molecule has 1 fully saturated rings. The molecule has 0 radical (unpaired) electrons. The minimum atomic E-state index is -0.829. The number of nitrogens with one attached hydrogen (secondary N) is 1. The normalized spacial score (nSPS) is 14.8. The molecule has 0 saturated carbocycles. The van der Waals surface area contributed by atoms with Gasteiger partial charge < -0.3 is 29.7 Å². The minimum Gasteiger partial charge on any atom is -0.508 e. The third-order valence-corrected chi connectivity index (χ3v) is 6.46. The molecule has 4 amide bonds. The largest absolute Gasteiger partial charge is 0.508 e. The molecule has 11 heteroatoms. The van der Waals surface area contributed by atoms with Crippen molar-refractivity contribution in [2.45, 2.75) is 25.4 Å². The number of hydrogen-bond donors (Lipinski definition) is 2. The highest BCUT2D eigenvalue weighted by atomic mass is 16.5. The van der Waals surface area contributed by atoms with Gasteiger partial charge in [-0.05, 0) is 41.8 Å². The first-order valence-electron chi connectivity index (χ1n) is 12.4. The van der Waals surface area contributed by atoms with Gasteiger partial charge in [-0.1, -0.05) is 24.3 Å². The Morgan fingerprint density at radius 2 is 1.74 bits per heavy atom. The zero-order chi connectivity index (χ0) is 27.7. The Kier molecular flexibility index (Phi) is 10.3. The number of benzene rings is 2. The third kappa shape index (κ3) is 7.59. The van der Waals surface area contributed by atoms with Gasteiger partial charge in [0.25, 0.3) is 0 Å². The molecule has 0 aromatic heterocycles. The summed E-state index contributed by atoms with van der Waals surface area (Å²) < 4.78 is 10.3. The molecule has 206 valence electrons. The highest BCUT2D eigenvalue weighted by Crippen LogP contribution is 2.19. The second-order valence-corrected chi connectivity index (χ2v) is 9.22. The molecule has 3 rings (SSSR count). The van der Waals surface area contributed by atoms with E-state index in [9.17, 15) is 19.5 Å². The van der Waals surface area contributed by atoms with Crippen molar-refractivity contribution in [3.05, 3.63) is 59.7 Å². The molecule has 1 aliphatic rings. The van der Waals surface area contributed by atoms with E-state index in [1.54, 1.807) is 62.5 Å². The maximum atomic E-state index is 13.6. The van der Waals surface area contributed by atoms with Gasteiger partial charge in [-0.3, -0.25) is 9.59 Å². The number of urea groups is 1. The summed E-state index contributed by atoms with van der Waals surface area (Å²) in [5, 5.41) is 15.5. The van der Waals surface area contributed by atoms with Crippen LogP contribution in [-0.4, -0.2) is 103 Å². The van der Waals surface area contributed by atoms with Crippen molar-refractivity contribution in [1.29, 1.82) is 0 Å². The van der Waals surface area contributed by atoms with Gasteiger partial charge in [0.2, 0.25) is 11.8 Å². The van der Waals surface area contributed by atoms with Crippen molar-refractivity contribution >= 4 is 17.8 Å². The van der Waals surface area contributed by atoms with Crippen LogP contribution in [0.1, 0.15) is 17.5 Å². The fourth-order valence-corrected chi connectivity index (χ4v) is 4.20.